The minimum Gasteiger partial charge on any atom is -0.0699 e. The van der Waals surface area contributed by atoms with Crippen LogP contribution in [0.1, 0.15) is 27.8 Å². The Bertz CT molecular complexity index is 838. The van der Waals surface area contributed by atoms with Crippen LogP contribution in [-0.2, 0) is 4.78 Å². The standard InChI is InChI=1S/C25H30PSi/c1-19-17-20(2)24(21(3)18-19)26(4)25(27(5)6,22-13-9-7-10-14-22)23-15-11-8-12-16-23/h7-18H,1-6H3. The quantitative estimate of drug-likeness (QED) is 0.341. The van der Waals surface area contributed by atoms with Crippen LogP contribution in [0.15, 0.2) is 72.8 Å². The molecule has 0 bridgehead atoms. The summed E-state index contributed by atoms with van der Waals surface area (Å²) in [5, 5.41) is 1.58. The zero-order valence-electron chi connectivity index (χ0n) is 17.4. The fourth-order valence-corrected chi connectivity index (χ4v) is 11.8. The highest BCUT2D eigenvalue weighted by molar-refractivity contribution is 7.68. The van der Waals surface area contributed by atoms with Crippen LogP contribution in [0.4, 0.5) is 0 Å². The topological polar surface area (TPSA) is 0 Å². The molecule has 3 rings (SSSR count). The molecule has 1 unspecified atom stereocenters. The van der Waals surface area contributed by atoms with Gasteiger partial charge in [-0.1, -0.05) is 99.4 Å². The van der Waals surface area contributed by atoms with Crippen LogP contribution in [0.25, 0.3) is 0 Å². The van der Waals surface area contributed by atoms with Crippen LogP contribution in [0.3, 0.4) is 0 Å². The lowest BCUT2D eigenvalue weighted by Crippen LogP contribution is -2.41. The molecule has 0 saturated heterocycles. The second-order valence-corrected chi connectivity index (χ2v) is 13.2. The SMILES string of the molecule is Cc1cc(C)c(P(C)C(c2ccccc2)(c2ccccc2)[Si](C)C)c(C)c1. The maximum atomic E-state index is 2.51. The lowest BCUT2D eigenvalue weighted by atomic mass is 10.0. The molecule has 1 atom stereocenters. The molecule has 27 heavy (non-hydrogen) atoms. The molecular weight excluding hydrogens is 359 g/mol. The van der Waals surface area contributed by atoms with Crippen molar-refractivity contribution in [1.82, 2.24) is 0 Å². The predicted octanol–water partition coefficient (Wildman–Crippen LogP) is 6.59. The van der Waals surface area contributed by atoms with Crippen molar-refractivity contribution in [3.8, 4) is 0 Å². The van der Waals surface area contributed by atoms with Crippen molar-refractivity contribution < 1.29 is 0 Å². The molecule has 2 heteroatoms. The average Bonchev–Trinajstić information content (AvgIpc) is 2.63. The number of rotatable bonds is 5. The lowest BCUT2D eigenvalue weighted by Gasteiger charge is -2.45. The van der Waals surface area contributed by atoms with Gasteiger partial charge >= 0.3 is 0 Å². The predicted molar refractivity (Wildman–Crippen MR) is 124 cm³/mol. The van der Waals surface area contributed by atoms with Gasteiger partial charge in [0, 0.05) is 4.78 Å². The van der Waals surface area contributed by atoms with Gasteiger partial charge in [-0.3, -0.25) is 0 Å². The van der Waals surface area contributed by atoms with Gasteiger partial charge < -0.3 is 0 Å². The second-order valence-electron chi connectivity index (χ2n) is 7.75. The summed E-state index contributed by atoms with van der Waals surface area (Å²) < 4.78 is 0.0906. The van der Waals surface area contributed by atoms with E-state index in [-0.39, 0.29) is 4.78 Å². The van der Waals surface area contributed by atoms with Crippen LogP contribution < -0.4 is 5.30 Å². The molecule has 0 saturated carbocycles. The van der Waals surface area contributed by atoms with Crippen molar-refractivity contribution in [2.45, 2.75) is 38.6 Å². The van der Waals surface area contributed by atoms with E-state index in [1.807, 2.05) is 0 Å². The van der Waals surface area contributed by atoms with Crippen molar-refractivity contribution in [2.75, 3.05) is 6.66 Å². The molecule has 139 valence electrons. The van der Waals surface area contributed by atoms with E-state index in [4.69, 9.17) is 0 Å². The molecule has 3 aromatic rings. The Kier molecular flexibility index (Phi) is 6.04. The van der Waals surface area contributed by atoms with Crippen molar-refractivity contribution in [1.29, 1.82) is 0 Å². The van der Waals surface area contributed by atoms with Gasteiger partial charge in [-0.25, -0.2) is 0 Å². The third-order valence-corrected chi connectivity index (χ3v) is 12.9. The molecule has 1 radical (unpaired) electrons. The minimum atomic E-state index is -0.697. The Morgan fingerprint density at radius 1 is 0.704 bits per heavy atom. The first-order valence-corrected chi connectivity index (χ1v) is 13.9. The Hall–Kier alpha value is -1.69. The van der Waals surface area contributed by atoms with Crippen LogP contribution in [0.5, 0.6) is 0 Å². The van der Waals surface area contributed by atoms with Crippen LogP contribution in [-0.4, -0.2) is 15.5 Å². The van der Waals surface area contributed by atoms with Gasteiger partial charge in [-0.05, 0) is 55.0 Å². The molecule has 0 heterocycles. The van der Waals surface area contributed by atoms with Gasteiger partial charge in [0.2, 0.25) is 0 Å². The highest BCUT2D eigenvalue weighted by Crippen LogP contribution is 2.59. The highest BCUT2D eigenvalue weighted by atomic mass is 31.1. The minimum absolute atomic E-state index is 0.0906. The van der Waals surface area contributed by atoms with E-state index in [2.05, 4.69) is 113 Å². The van der Waals surface area contributed by atoms with E-state index in [9.17, 15) is 0 Å². The molecule has 0 nitrogen and oxygen atoms in total. The molecule has 0 aromatic heterocycles. The summed E-state index contributed by atoms with van der Waals surface area (Å²) in [6, 6.07) is 27.2. The summed E-state index contributed by atoms with van der Waals surface area (Å²) in [6.07, 6.45) is 0. The van der Waals surface area contributed by atoms with E-state index >= 15 is 0 Å². The summed E-state index contributed by atoms with van der Waals surface area (Å²) in [7, 11) is -1.12. The molecule has 0 fully saturated rings. The Morgan fingerprint density at radius 2 is 1.11 bits per heavy atom. The summed E-state index contributed by atoms with van der Waals surface area (Å²) in [4.78, 5) is 0. The maximum absolute atomic E-state index is 2.51. The second kappa shape index (κ2) is 8.13. The van der Waals surface area contributed by atoms with E-state index in [0.29, 0.717) is 0 Å². The van der Waals surface area contributed by atoms with Crippen LogP contribution in [0.2, 0.25) is 13.1 Å². The number of hydrogen-bond donors (Lipinski definition) is 0. The Balaban J connectivity index is 2.34. The van der Waals surface area contributed by atoms with Crippen molar-refractivity contribution in [3.05, 3.63) is 101 Å². The van der Waals surface area contributed by atoms with E-state index in [0.717, 1.165) is 0 Å². The first kappa shape index (κ1) is 20.1. The van der Waals surface area contributed by atoms with E-state index < -0.39 is 16.7 Å². The van der Waals surface area contributed by atoms with Crippen molar-refractivity contribution >= 4 is 22.0 Å². The van der Waals surface area contributed by atoms with Crippen molar-refractivity contribution in [3.63, 3.8) is 0 Å². The largest absolute Gasteiger partial charge is 0.0699 e. The third kappa shape index (κ3) is 3.56. The smallest absolute Gasteiger partial charge is 0.0659 e. The van der Waals surface area contributed by atoms with Gasteiger partial charge in [0.25, 0.3) is 0 Å². The maximum Gasteiger partial charge on any atom is 0.0659 e. The monoisotopic (exact) mass is 389 g/mol. The van der Waals surface area contributed by atoms with Gasteiger partial charge in [0.15, 0.2) is 0 Å². The lowest BCUT2D eigenvalue weighted by molar-refractivity contribution is 1.00. The van der Waals surface area contributed by atoms with Gasteiger partial charge in [0.05, 0.1) is 8.80 Å². The summed E-state index contributed by atoms with van der Waals surface area (Å²) >= 11 is 0. The van der Waals surface area contributed by atoms with Crippen molar-refractivity contribution in [2.24, 2.45) is 0 Å². The van der Waals surface area contributed by atoms with E-state index in [1.165, 1.54) is 27.8 Å². The number of hydrogen-bond acceptors (Lipinski definition) is 0. The summed E-state index contributed by atoms with van der Waals surface area (Å²) in [5.74, 6) is 0. The van der Waals surface area contributed by atoms with Gasteiger partial charge in [-0.2, -0.15) is 0 Å². The summed E-state index contributed by atoms with van der Waals surface area (Å²) in [5.41, 5.74) is 7.20. The molecule has 3 aromatic carbocycles. The van der Waals surface area contributed by atoms with Crippen LogP contribution in [0, 0.1) is 20.8 Å². The highest BCUT2D eigenvalue weighted by Gasteiger charge is 2.44. The normalized spacial score (nSPS) is 13.0. The fourth-order valence-electron chi connectivity index (χ4n) is 4.69. The Labute approximate surface area is 168 Å². The number of aryl methyl sites for hydroxylation is 3. The molecule has 0 N–H and O–H groups in total. The molecular formula is C25H30PSi. The van der Waals surface area contributed by atoms with Gasteiger partial charge in [0.1, 0.15) is 0 Å². The Morgan fingerprint density at radius 3 is 1.48 bits per heavy atom. The molecule has 0 aliphatic heterocycles. The first-order valence-electron chi connectivity index (χ1n) is 9.62. The number of benzene rings is 3. The molecule has 0 spiro atoms. The summed E-state index contributed by atoms with van der Waals surface area (Å²) in [6.45, 7) is 14.3. The molecule has 0 amide bonds. The fraction of sp³-hybridized carbons (Fsp3) is 0.280. The molecule has 0 aliphatic rings. The van der Waals surface area contributed by atoms with Crippen LogP contribution >= 0.6 is 7.92 Å². The third-order valence-electron chi connectivity index (χ3n) is 5.58. The van der Waals surface area contributed by atoms with E-state index in [1.54, 1.807) is 5.30 Å². The zero-order valence-corrected chi connectivity index (χ0v) is 19.3. The molecule has 0 aliphatic carbocycles. The average molecular weight is 390 g/mol. The first-order chi connectivity index (χ1) is 12.9. The van der Waals surface area contributed by atoms with Gasteiger partial charge in [-0.15, -0.1) is 0 Å². The zero-order chi connectivity index (χ0) is 19.6.